The summed E-state index contributed by atoms with van der Waals surface area (Å²) < 4.78 is 0. The topological polar surface area (TPSA) is 29.3 Å². The molecular formula is C13H28N2. The fourth-order valence-corrected chi connectivity index (χ4v) is 2.43. The van der Waals surface area contributed by atoms with Crippen LogP contribution in [0.2, 0.25) is 0 Å². The van der Waals surface area contributed by atoms with E-state index in [0.29, 0.717) is 6.04 Å². The van der Waals surface area contributed by atoms with Gasteiger partial charge in [-0.3, -0.25) is 0 Å². The first kappa shape index (κ1) is 13.0. The zero-order valence-corrected chi connectivity index (χ0v) is 10.7. The van der Waals surface area contributed by atoms with E-state index in [0.717, 1.165) is 11.8 Å². The predicted octanol–water partition coefficient (Wildman–Crippen LogP) is 2.48. The van der Waals surface area contributed by atoms with E-state index >= 15 is 0 Å². The van der Waals surface area contributed by atoms with Crippen LogP contribution in [0.15, 0.2) is 0 Å². The van der Waals surface area contributed by atoms with Gasteiger partial charge in [0.05, 0.1) is 0 Å². The van der Waals surface area contributed by atoms with Crippen LogP contribution in [0.1, 0.15) is 46.0 Å². The average molecular weight is 212 g/mol. The van der Waals surface area contributed by atoms with Gasteiger partial charge in [0.2, 0.25) is 0 Å². The molecule has 90 valence electrons. The summed E-state index contributed by atoms with van der Waals surface area (Å²) in [5.74, 6) is 1.56. The minimum Gasteiger partial charge on any atom is -0.327 e. The van der Waals surface area contributed by atoms with Crippen molar-refractivity contribution in [2.45, 2.75) is 52.0 Å². The molecule has 1 aliphatic rings. The van der Waals surface area contributed by atoms with Crippen molar-refractivity contribution >= 4 is 0 Å². The van der Waals surface area contributed by atoms with Crippen molar-refractivity contribution in [1.82, 2.24) is 4.90 Å². The summed E-state index contributed by atoms with van der Waals surface area (Å²) in [5.41, 5.74) is 6.16. The van der Waals surface area contributed by atoms with Crippen LogP contribution in [0.25, 0.3) is 0 Å². The average Bonchev–Trinajstić information content (AvgIpc) is 2.18. The molecule has 2 heteroatoms. The smallest absolute Gasteiger partial charge is 0.00793 e. The summed E-state index contributed by atoms with van der Waals surface area (Å²) in [4.78, 5) is 2.47. The molecule has 2 unspecified atom stereocenters. The van der Waals surface area contributed by atoms with Crippen molar-refractivity contribution in [2.24, 2.45) is 17.6 Å². The highest BCUT2D eigenvalue weighted by Crippen LogP contribution is 2.23. The van der Waals surface area contributed by atoms with Gasteiger partial charge in [0.15, 0.2) is 0 Å². The van der Waals surface area contributed by atoms with E-state index in [9.17, 15) is 0 Å². The van der Waals surface area contributed by atoms with Crippen molar-refractivity contribution in [2.75, 3.05) is 20.1 Å². The Kier molecular flexibility index (Phi) is 5.62. The van der Waals surface area contributed by atoms with Gasteiger partial charge in [0, 0.05) is 12.6 Å². The lowest BCUT2D eigenvalue weighted by atomic mass is 9.85. The first-order valence-corrected chi connectivity index (χ1v) is 6.53. The molecule has 15 heavy (non-hydrogen) atoms. The minimum absolute atomic E-state index is 0.459. The van der Waals surface area contributed by atoms with Crippen molar-refractivity contribution < 1.29 is 0 Å². The molecule has 1 aliphatic carbocycles. The first-order chi connectivity index (χ1) is 7.09. The van der Waals surface area contributed by atoms with Gasteiger partial charge in [0.25, 0.3) is 0 Å². The maximum Gasteiger partial charge on any atom is 0.00793 e. The number of hydrogen-bond donors (Lipinski definition) is 1. The molecule has 1 fully saturated rings. The second-order valence-corrected chi connectivity index (χ2v) is 5.65. The summed E-state index contributed by atoms with van der Waals surface area (Å²) >= 11 is 0. The summed E-state index contributed by atoms with van der Waals surface area (Å²) in [6.07, 6.45) is 6.61. The monoisotopic (exact) mass is 212 g/mol. The minimum atomic E-state index is 0.459. The summed E-state index contributed by atoms with van der Waals surface area (Å²) in [6.45, 7) is 7.01. The van der Waals surface area contributed by atoms with Crippen LogP contribution in [0.5, 0.6) is 0 Å². The predicted molar refractivity (Wildman–Crippen MR) is 66.9 cm³/mol. The van der Waals surface area contributed by atoms with Gasteiger partial charge in [-0.1, -0.05) is 26.7 Å². The Morgan fingerprint density at radius 1 is 1.27 bits per heavy atom. The first-order valence-electron chi connectivity index (χ1n) is 6.53. The Morgan fingerprint density at radius 3 is 2.53 bits per heavy atom. The molecule has 0 aromatic heterocycles. The number of hydrogen-bond acceptors (Lipinski definition) is 2. The molecular weight excluding hydrogens is 184 g/mol. The van der Waals surface area contributed by atoms with E-state index in [1.165, 1.54) is 45.2 Å². The third kappa shape index (κ3) is 4.98. The Bertz CT molecular complexity index is 168. The normalized spacial score (nSPS) is 27.6. The third-order valence-corrected chi connectivity index (χ3v) is 3.60. The molecule has 0 heterocycles. The molecule has 0 radical (unpaired) electrons. The summed E-state index contributed by atoms with van der Waals surface area (Å²) in [6, 6.07) is 0.459. The summed E-state index contributed by atoms with van der Waals surface area (Å²) in [5, 5.41) is 0. The van der Waals surface area contributed by atoms with Crippen LogP contribution < -0.4 is 5.73 Å². The lowest BCUT2D eigenvalue weighted by Crippen LogP contribution is -2.40. The molecule has 0 saturated heterocycles. The van der Waals surface area contributed by atoms with E-state index in [1.54, 1.807) is 0 Å². The fourth-order valence-electron chi connectivity index (χ4n) is 2.43. The van der Waals surface area contributed by atoms with Gasteiger partial charge in [-0.15, -0.1) is 0 Å². The molecule has 2 nitrogen and oxygen atoms in total. The SMILES string of the molecule is CC(C)CCN(C)CC1CCCCC1N. The number of nitrogens with two attached hydrogens (primary N) is 1. The largest absolute Gasteiger partial charge is 0.327 e. The van der Waals surface area contributed by atoms with Crippen molar-refractivity contribution in [3.63, 3.8) is 0 Å². The zero-order chi connectivity index (χ0) is 11.3. The van der Waals surface area contributed by atoms with Crippen LogP contribution in [0.4, 0.5) is 0 Å². The van der Waals surface area contributed by atoms with Crippen LogP contribution >= 0.6 is 0 Å². The maximum atomic E-state index is 6.16. The Hall–Kier alpha value is -0.0800. The maximum absolute atomic E-state index is 6.16. The van der Waals surface area contributed by atoms with E-state index in [4.69, 9.17) is 5.73 Å². The Labute approximate surface area is 95.2 Å². The quantitative estimate of drug-likeness (QED) is 0.758. The number of rotatable bonds is 5. The molecule has 1 rings (SSSR count). The van der Waals surface area contributed by atoms with E-state index in [1.807, 2.05) is 0 Å². The highest BCUT2D eigenvalue weighted by Gasteiger charge is 2.22. The standard InChI is InChI=1S/C13H28N2/c1-11(2)8-9-15(3)10-12-6-4-5-7-13(12)14/h11-13H,4-10,14H2,1-3H3. The van der Waals surface area contributed by atoms with Crippen LogP contribution in [0.3, 0.4) is 0 Å². The second-order valence-electron chi connectivity index (χ2n) is 5.65. The Morgan fingerprint density at radius 2 is 1.93 bits per heavy atom. The highest BCUT2D eigenvalue weighted by molar-refractivity contribution is 4.79. The van der Waals surface area contributed by atoms with Crippen molar-refractivity contribution in [3.8, 4) is 0 Å². The molecule has 2 N–H and O–H groups in total. The van der Waals surface area contributed by atoms with Gasteiger partial charge < -0.3 is 10.6 Å². The highest BCUT2D eigenvalue weighted by atomic mass is 15.1. The Balaban J connectivity index is 2.20. The molecule has 0 aromatic rings. The van der Waals surface area contributed by atoms with E-state index < -0.39 is 0 Å². The van der Waals surface area contributed by atoms with Gasteiger partial charge in [-0.25, -0.2) is 0 Å². The van der Waals surface area contributed by atoms with E-state index in [-0.39, 0.29) is 0 Å². The van der Waals surface area contributed by atoms with Crippen LogP contribution in [-0.2, 0) is 0 Å². The van der Waals surface area contributed by atoms with Gasteiger partial charge >= 0.3 is 0 Å². The number of nitrogens with zero attached hydrogens (tertiary/aromatic N) is 1. The van der Waals surface area contributed by atoms with Gasteiger partial charge in [-0.2, -0.15) is 0 Å². The fraction of sp³-hybridized carbons (Fsp3) is 1.00. The molecule has 2 atom stereocenters. The molecule has 0 spiro atoms. The second kappa shape index (κ2) is 6.49. The van der Waals surface area contributed by atoms with Gasteiger partial charge in [0.1, 0.15) is 0 Å². The van der Waals surface area contributed by atoms with E-state index in [2.05, 4.69) is 25.8 Å². The molecule has 0 amide bonds. The van der Waals surface area contributed by atoms with Crippen molar-refractivity contribution in [1.29, 1.82) is 0 Å². The van der Waals surface area contributed by atoms with Crippen LogP contribution in [-0.4, -0.2) is 31.1 Å². The van der Waals surface area contributed by atoms with Crippen molar-refractivity contribution in [3.05, 3.63) is 0 Å². The third-order valence-electron chi connectivity index (χ3n) is 3.60. The molecule has 1 saturated carbocycles. The zero-order valence-electron chi connectivity index (χ0n) is 10.7. The van der Waals surface area contributed by atoms with Gasteiger partial charge in [-0.05, 0) is 44.7 Å². The molecule has 0 bridgehead atoms. The molecule has 0 aromatic carbocycles. The molecule has 0 aliphatic heterocycles. The lowest BCUT2D eigenvalue weighted by molar-refractivity contribution is 0.205. The van der Waals surface area contributed by atoms with Crippen LogP contribution in [0, 0.1) is 11.8 Å². The summed E-state index contributed by atoms with van der Waals surface area (Å²) in [7, 11) is 2.24. The lowest BCUT2D eigenvalue weighted by Gasteiger charge is -2.32.